The van der Waals surface area contributed by atoms with E-state index >= 15 is 0 Å². The molecule has 318 valence electrons. The molecule has 0 saturated heterocycles. The number of rotatable bonds is 13. The molecule has 0 bridgehead atoms. The van der Waals surface area contributed by atoms with Crippen molar-refractivity contribution in [2.75, 3.05) is 0 Å². The highest BCUT2D eigenvalue weighted by molar-refractivity contribution is 5.65. The topological polar surface area (TPSA) is 55.4 Å². The van der Waals surface area contributed by atoms with E-state index in [-0.39, 0.29) is 11.8 Å². The molecule has 0 aromatic heterocycles. The lowest BCUT2D eigenvalue weighted by atomic mass is 9.71. The molecule has 0 N–H and O–H groups in total. The fourth-order valence-electron chi connectivity index (χ4n) is 8.82. The Labute approximate surface area is 375 Å². The summed E-state index contributed by atoms with van der Waals surface area (Å²) in [7, 11) is 0. The van der Waals surface area contributed by atoms with Gasteiger partial charge in [-0.1, -0.05) is 121 Å². The Hall–Kier alpha value is -7.44. The van der Waals surface area contributed by atoms with Crippen molar-refractivity contribution in [2.24, 2.45) is 0 Å². The van der Waals surface area contributed by atoms with Crippen LogP contribution in [0, 0.1) is 27.7 Å². The van der Waals surface area contributed by atoms with Gasteiger partial charge in [0.05, 0.1) is 0 Å². The van der Waals surface area contributed by atoms with Crippen LogP contribution in [0.1, 0.15) is 78.6 Å². The molecule has 2 heterocycles. The summed E-state index contributed by atoms with van der Waals surface area (Å²) in [6.07, 6.45) is 0. The van der Waals surface area contributed by atoms with Crippen molar-refractivity contribution < 1.29 is 28.4 Å². The number of ether oxygens (including phenoxy) is 6. The van der Waals surface area contributed by atoms with Crippen molar-refractivity contribution in [3.05, 3.63) is 237 Å². The maximum absolute atomic E-state index is 6.88. The first-order valence-corrected chi connectivity index (χ1v) is 22.0. The van der Waals surface area contributed by atoms with Crippen LogP contribution < -0.4 is 28.4 Å². The van der Waals surface area contributed by atoms with Gasteiger partial charge in [0.2, 0.25) is 0 Å². The Morgan fingerprint density at radius 2 is 0.547 bits per heavy atom. The summed E-state index contributed by atoms with van der Waals surface area (Å²) in [5.41, 5.74) is 13.5. The molecule has 0 radical (unpaired) electrons. The van der Waals surface area contributed by atoms with E-state index in [2.05, 4.69) is 125 Å². The summed E-state index contributed by atoms with van der Waals surface area (Å²) < 4.78 is 39.5. The van der Waals surface area contributed by atoms with E-state index in [1.165, 1.54) is 22.3 Å². The minimum absolute atomic E-state index is 0.173. The first-order valence-electron chi connectivity index (χ1n) is 22.0. The van der Waals surface area contributed by atoms with Gasteiger partial charge in [0, 0.05) is 58.4 Å². The standard InChI is InChI=1S/C58H50O6/c1-37-13-5-9-17-41(37)33-59-45-21-25-49-53(29-45)63-54-30-46(60-34-42-18-10-6-14-38(42)2)22-26-50(54)57(49)58-51-27-23-47(61-35-43-19-11-7-15-39(43)3)31-55(51)64-56-32-48(24-28-52(56)58)62-36-44-20-12-8-16-40(44)4/h5-32,57-58H,33-36H2,1-4H3. The third kappa shape index (κ3) is 8.39. The van der Waals surface area contributed by atoms with E-state index in [0.29, 0.717) is 26.4 Å². The fraction of sp³-hybridized carbons (Fsp3) is 0.172. The molecule has 0 spiro atoms. The van der Waals surface area contributed by atoms with Crippen molar-refractivity contribution in [2.45, 2.75) is 66.0 Å². The van der Waals surface area contributed by atoms with Gasteiger partial charge in [-0.3, -0.25) is 0 Å². The maximum Gasteiger partial charge on any atom is 0.134 e. The van der Waals surface area contributed by atoms with Gasteiger partial charge in [-0.2, -0.15) is 0 Å². The highest BCUT2D eigenvalue weighted by atomic mass is 16.5. The average Bonchev–Trinajstić information content (AvgIpc) is 3.31. The molecule has 0 fully saturated rings. The third-order valence-electron chi connectivity index (χ3n) is 12.7. The molecule has 2 aliphatic heterocycles. The van der Waals surface area contributed by atoms with Crippen LogP contribution in [0.15, 0.2) is 170 Å². The Morgan fingerprint density at radius 3 is 0.781 bits per heavy atom. The smallest absolute Gasteiger partial charge is 0.134 e. The van der Waals surface area contributed by atoms with Crippen LogP contribution in [0.4, 0.5) is 0 Å². The van der Waals surface area contributed by atoms with E-state index in [0.717, 1.165) is 90.5 Å². The Bertz CT molecular complexity index is 2590. The highest BCUT2D eigenvalue weighted by Crippen LogP contribution is 2.59. The minimum Gasteiger partial charge on any atom is -0.489 e. The molecule has 10 rings (SSSR count). The fourth-order valence-corrected chi connectivity index (χ4v) is 8.82. The minimum atomic E-state index is -0.173. The van der Waals surface area contributed by atoms with Crippen molar-refractivity contribution in [1.29, 1.82) is 0 Å². The highest BCUT2D eigenvalue weighted by Gasteiger charge is 2.41. The predicted molar refractivity (Wildman–Crippen MR) is 252 cm³/mol. The van der Waals surface area contributed by atoms with Gasteiger partial charge in [-0.05, 0) is 96.5 Å². The van der Waals surface area contributed by atoms with Gasteiger partial charge in [0.15, 0.2) is 0 Å². The van der Waals surface area contributed by atoms with Crippen LogP contribution in [0.2, 0.25) is 0 Å². The summed E-state index contributed by atoms with van der Waals surface area (Å²) in [6.45, 7) is 10.2. The molecule has 6 heteroatoms. The molecule has 6 nitrogen and oxygen atoms in total. The van der Waals surface area contributed by atoms with E-state index in [1.54, 1.807) is 0 Å². The molecular formula is C58H50O6. The van der Waals surface area contributed by atoms with Crippen molar-refractivity contribution in [3.63, 3.8) is 0 Å². The average molecular weight is 843 g/mol. The first kappa shape index (κ1) is 40.6. The Kier molecular flexibility index (Phi) is 11.3. The SMILES string of the molecule is Cc1ccccc1COc1ccc2c(c1)Oc1cc(OCc3ccccc3C)ccc1C2C1c2ccc(OCc3ccccc3C)cc2Oc2cc(OCc3ccccc3C)ccc21. The molecule has 0 amide bonds. The molecule has 0 atom stereocenters. The van der Waals surface area contributed by atoms with E-state index in [1.807, 2.05) is 72.8 Å². The van der Waals surface area contributed by atoms with Crippen LogP contribution in [0.5, 0.6) is 46.0 Å². The molecule has 0 saturated carbocycles. The van der Waals surface area contributed by atoms with Gasteiger partial charge in [0.1, 0.15) is 72.4 Å². The van der Waals surface area contributed by atoms with Gasteiger partial charge < -0.3 is 28.4 Å². The van der Waals surface area contributed by atoms with Gasteiger partial charge >= 0.3 is 0 Å². The largest absolute Gasteiger partial charge is 0.489 e. The molecule has 64 heavy (non-hydrogen) atoms. The summed E-state index contributed by atoms with van der Waals surface area (Å²) in [5, 5.41) is 0. The molecule has 2 aliphatic rings. The van der Waals surface area contributed by atoms with Crippen LogP contribution in [0.3, 0.4) is 0 Å². The summed E-state index contributed by atoms with van der Waals surface area (Å²) in [6, 6.07) is 58.2. The number of benzene rings is 8. The van der Waals surface area contributed by atoms with Crippen molar-refractivity contribution >= 4 is 0 Å². The van der Waals surface area contributed by atoms with Crippen molar-refractivity contribution in [1.82, 2.24) is 0 Å². The van der Waals surface area contributed by atoms with Crippen molar-refractivity contribution in [3.8, 4) is 46.0 Å². The van der Waals surface area contributed by atoms with E-state index < -0.39 is 0 Å². The lowest BCUT2D eigenvalue weighted by molar-refractivity contribution is 0.299. The summed E-state index contributed by atoms with van der Waals surface area (Å²) in [4.78, 5) is 0. The monoisotopic (exact) mass is 842 g/mol. The quantitative estimate of drug-likeness (QED) is 0.115. The molecule has 8 aromatic carbocycles. The zero-order valence-corrected chi connectivity index (χ0v) is 36.6. The molecule has 0 unspecified atom stereocenters. The van der Waals surface area contributed by atoms with Gasteiger partial charge in [-0.25, -0.2) is 0 Å². The zero-order valence-electron chi connectivity index (χ0n) is 36.6. The second-order valence-corrected chi connectivity index (χ2v) is 16.8. The van der Waals surface area contributed by atoms with E-state index in [4.69, 9.17) is 28.4 Å². The van der Waals surface area contributed by atoms with Gasteiger partial charge in [-0.15, -0.1) is 0 Å². The molecule has 0 aliphatic carbocycles. The van der Waals surface area contributed by atoms with Crippen LogP contribution >= 0.6 is 0 Å². The van der Waals surface area contributed by atoms with Crippen LogP contribution in [-0.4, -0.2) is 0 Å². The number of hydrogen-bond donors (Lipinski definition) is 0. The Balaban J connectivity index is 1.05. The maximum atomic E-state index is 6.88. The van der Waals surface area contributed by atoms with Crippen LogP contribution in [-0.2, 0) is 26.4 Å². The van der Waals surface area contributed by atoms with Gasteiger partial charge in [0.25, 0.3) is 0 Å². The lowest BCUT2D eigenvalue weighted by Crippen LogP contribution is -2.22. The molecular weight excluding hydrogens is 793 g/mol. The van der Waals surface area contributed by atoms with Crippen LogP contribution in [0.25, 0.3) is 0 Å². The third-order valence-corrected chi connectivity index (χ3v) is 12.7. The predicted octanol–water partition coefficient (Wildman–Crippen LogP) is 14.4. The lowest BCUT2D eigenvalue weighted by Gasteiger charge is -2.38. The van der Waals surface area contributed by atoms with E-state index in [9.17, 15) is 0 Å². The second kappa shape index (κ2) is 17.7. The molecule has 8 aromatic rings. The summed E-state index contributed by atoms with van der Waals surface area (Å²) >= 11 is 0. The Morgan fingerprint density at radius 1 is 0.312 bits per heavy atom. The number of fused-ring (bicyclic) bond motifs is 4. The summed E-state index contributed by atoms with van der Waals surface area (Å²) in [5.74, 6) is 5.53. The second-order valence-electron chi connectivity index (χ2n) is 16.8. The normalized spacial score (nSPS) is 12.8. The zero-order chi connectivity index (χ0) is 43.6. The first-order chi connectivity index (χ1) is 31.3. The number of aryl methyl sites for hydroxylation is 4. The number of hydrogen-bond acceptors (Lipinski definition) is 6.